The van der Waals surface area contributed by atoms with E-state index in [4.69, 9.17) is 19.4 Å². The molecule has 0 spiro atoms. The van der Waals surface area contributed by atoms with Crippen LogP contribution in [0.1, 0.15) is 101 Å². The number of alkyl halides is 4. The number of halogens is 4. The topological polar surface area (TPSA) is 175 Å². The molecule has 2 aromatic heterocycles. The summed E-state index contributed by atoms with van der Waals surface area (Å²) in [6.45, 7) is 0. The van der Waals surface area contributed by atoms with Crippen LogP contribution in [0.25, 0.3) is 44.4 Å². The molecule has 18 heteroatoms. The molecule has 4 heterocycles. The van der Waals surface area contributed by atoms with Crippen LogP contribution in [0.5, 0.6) is 0 Å². The number of amides is 4. The summed E-state index contributed by atoms with van der Waals surface area (Å²) in [5, 5.41) is 7.44. The first-order valence-electron chi connectivity index (χ1n) is 24.5. The normalized spacial score (nSPS) is 26.5. The smallest absolute Gasteiger partial charge is 0.407 e. The minimum atomic E-state index is -2.77. The van der Waals surface area contributed by atoms with E-state index < -0.39 is 48.0 Å². The van der Waals surface area contributed by atoms with E-state index in [-0.39, 0.29) is 87.3 Å². The van der Waals surface area contributed by atoms with Crippen molar-refractivity contribution in [3.8, 4) is 33.6 Å². The second kappa shape index (κ2) is 17.7. The maximum Gasteiger partial charge on any atom is 0.407 e. The first-order valence-corrected chi connectivity index (χ1v) is 24.5. The van der Waals surface area contributed by atoms with Crippen molar-refractivity contribution in [2.45, 2.75) is 125 Å². The van der Waals surface area contributed by atoms with Gasteiger partial charge in [0.15, 0.2) is 0 Å². The number of carbonyl (C=O) groups is 4. The fourth-order valence-electron chi connectivity index (χ4n) is 12.0. The van der Waals surface area contributed by atoms with E-state index in [2.05, 4.69) is 63.1 Å². The molecule has 8 atom stereocenters. The molecule has 4 saturated carbocycles. The Morgan fingerprint density at radius 3 is 1.44 bits per heavy atom. The third kappa shape index (κ3) is 8.86. The van der Waals surface area contributed by atoms with E-state index in [9.17, 15) is 36.7 Å². The number of H-pyrrole nitrogens is 2. The number of aromatic nitrogens is 4. The maximum absolute atomic E-state index is 14.3. The van der Waals surface area contributed by atoms with E-state index in [1.165, 1.54) is 14.2 Å². The molecule has 5 aromatic rings. The lowest BCUT2D eigenvalue weighted by Gasteiger charge is -2.37. The van der Waals surface area contributed by atoms with Crippen LogP contribution in [0, 0.1) is 23.7 Å². The average molecular weight is 965 g/mol. The number of alkyl carbamates (subject to hydrolysis) is 2. The third-order valence-corrected chi connectivity index (χ3v) is 16.1. The van der Waals surface area contributed by atoms with Crippen molar-refractivity contribution in [1.29, 1.82) is 0 Å². The monoisotopic (exact) mass is 964 g/mol. The van der Waals surface area contributed by atoms with Crippen molar-refractivity contribution >= 4 is 34.8 Å². The van der Waals surface area contributed by atoms with Gasteiger partial charge in [0.2, 0.25) is 23.7 Å². The highest BCUT2D eigenvalue weighted by Gasteiger charge is 2.58. The first kappa shape index (κ1) is 46.0. The molecule has 2 unspecified atom stereocenters. The molecule has 4 amide bonds. The minimum absolute atomic E-state index is 0.00950. The molecule has 0 bridgehead atoms. The summed E-state index contributed by atoms with van der Waals surface area (Å²) in [4.78, 5) is 73.4. The Bertz CT molecular complexity index is 2810. The number of imidazole rings is 2. The highest BCUT2D eigenvalue weighted by Crippen LogP contribution is 2.55. The Labute approximate surface area is 401 Å². The molecule has 4 N–H and O–H groups in total. The van der Waals surface area contributed by atoms with Gasteiger partial charge >= 0.3 is 12.2 Å². The lowest BCUT2D eigenvalue weighted by Crippen LogP contribution is -2.54. The van der Waals surface area contributed by atoms with E-state index >= 15 is 0 Å². The Morgan fingerprint density at radius 2 is 0.986 bits per heavy atom. The van der Waals surface area contributed by atoms with Crippen LogP contribution in [-0.4, -0.2) is 104 Å². The van der Waals surface area contributed by atoms with Gasteiger partial charge in [0, 0.05) is 43.3 Å². The summed E-state index contributed by atoms with van der Waals surface area (Å²) >= 11 is 0. The van der Waals surface area contributed by atoms with Gasteiger partial charge in [0.25, 0.3) is 0 Å². The molecule has 11 rings (SSSR count). The quantitative estimate of drug-likeness (QED) is 0.0947. The SMILES string of the molecule is COC(=O)N[C@H](C(=O)N1C2CC2C[C@H]1c1ncc(-c2ccc(-c3ccc4cc(-c5cnc([C@@H]6C[C@H]7C[C@H]7N6C(=O)[C@@H](NC(=O)OC)C6CCC(F)(F)CC6)[nH]5)ccc4c3)cc2)[nH]1)C1CCC(F)(F)CC1. The number of ether oxygens (including phenoxy) is 2. The van der Waals surface area contributed by atoms with Crippen molar-refractivity contribution < 1.29 is 46.2 Å². The van der Waals surface area contributed by atoms with E-state index in [1.807, 2.05) is 28.0 Å². The van der Waals surface area contributed by atoms with Crippen LogP contribution in [0.3, 0.4) is 0 Å². The molecule has 6 fully saturated rings. The fourth-order valence-corrected chi connectivity index (χ4v) is 12.0. The average Bonchev–Trinajstić information content (AvgIpc) is 3.94. The molecule has 3 aromatic carbocycles. The van der Waals surface area contributed by atoms with Gasteiger partial charge in [-0.1, -0.05) is 48.5 Å². The highest BCUT2D eigenvalue weighted by atomic mass is 19.3. The van der Waals surface area contributed by atoms with E-state index in [0.29, 0.717) is 23.5 Å². The van der Waals surface area contributed by atoms with Crippen molar-refractivity contribution in [3.05, 3.63) is 84.7 Å². The predicted molar refractivity (Wildman–Crippen MR) is 249 cm³/mol. The molecule has 0 radical (unpaired) electrons. The van der Waals surface area contributed by atoms with Crippen LogP contribution in [-0.2, 0) is 19.1 Å². The third-order valence-electron chi connectivity index (χ3n) is 16.1. The molecule has 14 nitrogen and oxygen atoms in total. The number of methoxy groups -OCH3 is 2. The van der Waals surface area contributed by atoms with Gasteiger partial charge in [-0.05, 0) is 115 Å². The summed E-state index contributed by atoms with van der Waals surface area (Å²) < 4.78 is 66.1. The number of likely N-dealkylation sites (tertiary alicyclic amines) is 2. The highest BCUT2D eigenvalue weighted by molar-refractivity contribution is 5.91. The number of benzene rings is 3. The summed E-state index contributed by atoms with van der Waals surface area (Å²) in [7, 11) is 2.44. The summed E-state index contributed by atoms with van der Waals surface area (Å²) in [6.07, 6.45) is 4.37. The van der Waals surface area contributed by atoms with Crippen molar-refractivity contribution in [2.24, 2.45) is 23.7 Å². The molecule has 4 aliphatic carbocycles. The molecule has 2 aliphatic heterocycles. The van der Waals surface area contributed by atoms with Gasteiger partial charge in [-0.3, -0.25) is 9.59 Å². The molecule has 6 aliphatic rings. The Kier molecular flexibility index (Phi) is 11.6. The Morgan fingerprint density at radius 1 is 0.586 bits per heavy atom. The molecule has 368 valence electrons. The van der Waals surface area contributed by atoms with Crippen molar-refractivity contribution in [1.82, 2.24) is 40.4 Å². The van der Waals surface area contributed by atoms with Gasteiger partial charge < -0.3 is 39.9 Å². The predicted octanol–water partition coefficient (Wildman–Crippen LogP) is 9.71. The fraction of sp³-hybridized carbons (Fsp3) is 0.500. The maximum atomic E-state index is 14.3. The number of aromatic amines is 2. The van der Waals surface area contributed by atoms with Gasteiger partial charge in [-0.25, -0.2) is 37.1 Å². The van der Waals surface area contributed by atoms with E-state index in [1.54, 1.807) is 12.4 Å². The Hall–Kier alpha value is -6.46. The Balaban J connectivity index is 0.762. The minimum Gasteiger partial charge on any atom is -0.453 e. The number of hydrogen-bond acceptors (Lipinski definition) is 8. The van der Waals surface area contributed by atoms with Gasteiger partial charge in [-0.15, -0.1) is 0 Å². The second-order valence-electron chi connectivity index (χ2n) is 20.5. The lowest BCUT2D eigenvalue weighted by atomic mass is 9.81. The van der Waals surface area contributed by atoms with Gasteiger partial charge in [0.05, 0.1) is 50.1 Å². The van der Waals surface area contributed by atoms with Crippen molar-refractivity contribution in [2.75, 3.05) is 14.2 Å². The van der Waals surface area contributed by atoms with E-state index in [0.717, 1.165) is 70.1 Å². The van der Waals surface area contributed by atoms with Crippen LogP contribution in [0.2, 0.25) is 0 Å². The van der Waals surface area contributed by atoms with Crippen LogP contribution < -0.4 is 10.6 Å². The van der Waals surface area contributed by atoms with Crippen molar-refractivity contribution in [3.63, 3.8) is 0 Å². The zero-order valence-electron chi connectivity index (χ0n) is 38.9. The van der Waals surface area contributed by atoms with Crippen LogP contribution >= 0.6 is 0 Å². The second-order valence-corrected chi connectivity index (χ2v) is 20.5. The molecular weight excluding hydrogens is 909 g/mol. The molecule has 2 saturated heterocycles. The lowest BCUT2D eigenvalue weighted by molar-refractivity contribution is -0.139. The largest absolute Gasteiger partial charge is 0.453 e. The molecular formula is C52H56F4N8O6. The van der Waals surface area contributed by atoms with Crippen LogP contribution in [0.4, 0.5) is 27.2 Å². The summed E-state index contributed by atoms with van der Waals surface area (Å²) in [5.74, 6) is -5.05. The number of fused-ring (bicyclic) bond motifs is 3. The van der Waals surface area contributed by atoms with Gasteiger partial charge in [0.1, 0.15) is 23.7 Å². The standard InChI is InChI=1S/C52H56F4N8O6/c1-69-49(67)61-43(29-11-15-51(53,54)16-12-29)47(65)63-39-21-35(39)23-41(63)45-57-25-37(59-45)28-5-3-27(4-6-28)31-7-8-33-20-34(10-9-32(33)19-31)38-26-58-46(60-38)42-24-36-22-40(36)64(42)48(66)44(62-50(68)70-2)30-13-17-52(55,56)18-14-30/h3-10,19-20,25-26,29-30,35-36,39-44H,11-18,21-24H2,1-2H3,(H,57,59)(H,58,60)(H,61,67)(H,62,68)/t35?,36-,39?,40-,41+,42+,43+,44+/m1/s1. The molecule has 70 heavy (non-hydrogen) atoms. The number of nitrogens with one attached hydrogen (secondary N) is 4. The number of carbonyl (C=O) groups excluding carboxylic acids is 4. The number of piperidine rings is 2. The number of hydrogen-bond donors (Lipinski definition) is 4. The zero-order valence-corrected chi connectivity index (χ0v) is 38.9. The summed E-state index contributed by atoms with van der Waals surface area (Å²) in [5.41, 5.74) is 5.47. The first-order chi connectivity index (χ1) is 33.7. The number of rotatable bonds is 11. The summed E-state index contributed by atoms with van der Waals surface area (Å²) in [6, 6.07) is 18.0. The van der Waals surface area contributed by atoms with Crippen LogP contribution in [0.15, 0.2) is 73.1 Å². The number of nitrogens with zero attached hydrogens (tertiary/aromatic N) is 4. The van der Waals surface area contributed by atoms with Gasteiger partial charge in [-0.2, -0.15) is 0 Å². The zero-order chi connectivity index (χ0) is 48.6.